The molecule has 1 N–H and O–H groups in total. The van der Waals surface area contributed by atoms with Crippen LogP contribution in [0.2, 0.25) is 0 Å². The van der Waals surface area contributed by atoms with Crippen molar-refractivity contribution >= 4 is 15.6 Å². The van der Waals surface area contributed by atoms with E-state index in [2.05, 4.69) is 0 Å². The summed E-state index contributed by atoms with van der Waals surface area (Å²) in [6, 6.07) is 0. The normalized spacial score (nSPS) is 10.3. The van der Waals surface area contributed by atoms with Gasteiger partial charge in [0.25, 0.3) is 7.13 Å². The lowest BCUT2D eigenvalue weighted by Crippen LogP contribution is -2.00. The van der Waals surface area contributed by atoms with Crippen LogP contribution < -0.4 is 5.45 Å². The summed E-state index contributed by atoms with van der Waals surface area (Å²) in [6.45, 7) is 2.04. The first-order chi connectivity index (χ1) is 2.91. The van der Waals surface area contributed by atoms with Gasteiger partial charge in [0, 0.05) is 0 Å². The van der Waals surface area contributed by atoms with Crippen LogP contribution in [0.25, 0.3) is 0 Å². The zero-order valence-electron chi connectivity index (χ0n) is 3.79. The van der Waals surface area contributed by atoms with Gasteiger partial charge in [0.15, 0.2) is 0 Å². The molecule has 0 amide bonds. The van der Waals surface area contributed by atoms with Crippen LogP contribution >= 0.6 is 8.46 Å². The van der Waals surface area contributed by atoms with Crippen LogP contribution in [0, 0.1) is 0 Å². The molecule has 0 fully saturated rings. The van der Waals surface area contributed by atoms with E-state index in [1.807, 2.05) is 6.92 Å². The predicted octanol–water partition coefficient (Wildman–Crippen LogP) is 0.425. The Morgan fingerprint density at radius 3 is 2.83 bits per heavy atom. The van der Waals surface area contributed by atoms with Crippen molar-refractivity contribution in [3.05, 3.63) is 0 Å². The van der Waals surface area contributed by atoms with Gasteiger partial charge in [-0.1, -0.05) is 6.92 Å². The molecule has 36 valence electrons. The minimum Gasteiger partial charge on any atom is -0.201 e. The highest BCUT2D eigenvalue weighted by Crippen LogP contribution is 2.00. The highest BCUT2D eigenvalue weighted by molar-refractivity contribution is 7.70. The molecule has 6 heavy (non-hydrogen) atoms. The fraction of sp³-hybridized carbons (Fsp3) is 1.00. The fourth-order valence-electron chi connectivity index (χ4n) is 0.172. The first-order valence-electron chi connectivity index (χ1n) is 1.96. The van der Waals surface area contributed by atoms with Gasteiger partial charge in [0.2, 0.25) is 0 Å². The number of halogens is 1. The molecule has 0 bridgehead atoms. The molecule has 0 aliphatic heterocycles. The van der Waals surface area contributed by atoms with Crippen LogP contribution in [0.3, 0.4) is 0 Å². The SMILES string of the molecule is CCPBNF. The van der Waals surface area contributed by atoms with E-state index < -0.39 is 0 Å². The molecule has 0 aliphatic rings. The quantitative estimate of drug-likeness (QED) is 0.238. The lowest BCUT2D eigenvalue weighted by Gasteiger charge is -1.83. The van der Waals surface area contributed by atoms with Gasteiger partial charge in [-0.25, -0.2) is 5.45 Å². The highest BCUT2D eigenvalue weighted by Gasteiger charge is 1.80. The lowest BCUT2D eigenvalue weighted by molar-refractivity contribution is 0.453. The van der Waals surface area contributed by atoms with Gasteiger partial charge in [0.1, 0.15) is 0 Å². The van der Waals surface area contributed by atoms with Crippen LogP contribution in [0.15, 0.2) is 0 Å². The smallest absolute Gasteiger partial charge is 0.201 e. The van der Waals surface area contributed by atoms with Crippen molar-refractivity contribution < 1.29 is 4.48 Å². The van der Waals surface area contributed by atoms with Crippen LogP contribution in [0.1, 0.15) is 6.92 Å². The Balaban J connectivity index is 2.34. The molecule has 1 unspecified atom stereocenters. The maximum atomic E-state index is 10.9. The molecule has 1 nitrogen and oxygen atoms in total. The van der Waals surface area contributed by atoms with Crippen LogP contribution in [-0.2, 0) is 0 Å². The first kappa shape index (κ1) is 6.38. The molecule has 1 atom stereocenters. The largest absolute Gasteiger partial charge is 0.266 e. The van der Waals surface area contributed by atoms with Crippen LogP contribution in [-0.4, -0.2) is 13.3 Å². The third-order valence-electron chi connectivity index (χ3n) is 0.442. The number of rotatable bonds is 3. The standard InChI is InChI=1S/C2H8BFNP/c1-2-6-3-5-4/h3,5-6H,2H2,1H3. The molecule has 0 radical (unpaired) electrons. The Bertz CT molecular complexity index is 25.5. The Morgan fingerprint density at radius 2 is 2.67 bits per heavy atom. The zero-order valence-corrected chi connectivity index (χ0v) is 4.79. The Morgan fingerprint density at radius 1 is 2.00 bits per heavy atom. The molecular weight excluding hydrogens is 98.8 g/mol. The zero-order chi connectivity index (χ0) is 4.83. The summed E-state index contributed by atoms with van der Waals surface area (Å²) in [4.78, 5) is 0. The highest BCUT2D eigenvalue weighted by atomic mass is 31.1. The number of hydrogen-bond donors (Lipinski definition) is 1. The maximum absolute atomic E-state index is 10.9. The molecule has 0 aromatic heterocycles. The second kappa shape index (κ2) is 5.38. The average molecular weight is 107 g/mol. The minimum atomic E-state index is 0.524. The third kappa shape index (κ3) is 4.38. The molecule has 0 rings (SSSR count). The number of nitrogens with one attached hydrogen (secondary N) is 1. The van der Waals surface area contributed by atoms with Crippen molar-refractivity contribution in [2.24, 2.45) is 0 Å². The second-order valence-electron chi connectivity index (χ2n) is 0.914. The van der Waals surface area contributed by atoms with E-state index >= 15 is 0 Å². The van der Waals surface area contributed by atoms with E-state index in [1.165, 1.54) is 0 Å². The molecule has 0 aromatic carbocycles. The van der Waals surface area contributed by atoms with Crippen LogP contribution in [0.4, 0.5) is 4.48 Å². The van der Waals surface area contributed by atoms with Crippen molar-refractivity contribution in [3.8, 4) is 0 Å². The molecule has 0 spiro atoms. The van der Waals surface area contributed by atoms with Crippen LogP contribution in [0.5, 0.6) is 0 Å². The topological polar surface area (TPSA) is 12.0 Å². The molecule has 0 aromatic rings. The fourth-order valence-corrected chi connectivity index (χ4v) is 0.517. The van der Waals surface area contributed by atoms with E-state index in [-0.39, 0.29) is 0 Å². The minimum absolute atomic E-state index is 0.524. The molecule has 0 saturated carbocycles. The van der Waals surface area contributed by atoms with Gasteiger partial charge in [-0.05, 0) is 6.16 Å². The molecule has 0 saturated heterocycles. The summed E-state index contributed by atoms with van der Waals surface area (Å²) < 4.78 is 10.9. The van der Waals surface area contributed by atoms with E-state index in [0.717, 1.165) is 14.6 Å². The summed E-state index contributed by atoms with van der Waals surface area (Å²) in [7, 11) is 1.25. The lowest BCUT2D eigenvalue weighted by atomic mass is 10.5. The summed E-state index contributed by atoms with van der Waals surface area (Å²) in [5.74, 6) is 0. The van der Waals surface area contributed by atoms with Crippen molar-refractivity contribution in [1.82, 2.24) is 5.45 Å². The summed E-state index contributed by atoms with van der Waals surface area (Å²) in [6.07, 6.45) is 1.08. The predicted molar refractivity (Wildman–Crippen MR) is 30.2 cm³/mol. The molecule has 0 aliphatic carbocycles. The molecular formula is C2H8BFNP. The Labute approximate surface area is 39.6 Å². The van der Waals surface area contributed by atoms with E-state index in [0.29, 0.717) is 7.13 Å². The monoisotopic (exact) mass is 107 g/mol. The summed E-state index contributed by atoms with van der Waals surface area (Å²) in [5.41, 5.74) is 1.58. The van der Waals surface area contributed by atoms with Crippen molar-refractivity contribution in [3.63, 3.8) is 0 Å². The van der Waals surface area contributed by atoms with Gasteiger partial charge < -0.3 is 0 Å². The van der Waals surface area contributed by atoms with Crippen molar-refractivity contribution in [1.29, 1.82) is 0 Å². The van der Waals surface area contributed by atoms with Gasteiger partial charge in [-0.15, -0.1) is 8.46 Å². The number of hydrogen-bond acceptors (Lipinski definition) is 1. The van der Waals surface area contributed by atoms with Gasteiger partial charge in [-0.3, -0.25) is 0 Å². The summed E-state index contributed by atoms with van der Waals surface area (Å²) >= 11 is 0. The molecule has 4 heteroatoms. The van der Waals surface area contributed by atoms with Gasteiger partial charge in [0.05, 0.1) is 0 Å². The Hall–Kier alpha value is 0.385. The Kier molecular flexibility index (Phi) is 5.73. The average Bonchev–Trinajstić information content (AvgIpc) is 1.61. The van der Waals surface area contributed by atoms with E-state index in [1.54, 1.807) is 5.45 Å². The maximum Gasteiger partial charge on any atom is 0.266 e. The van der Waals surface area contributed by atoms with Gasteiger partial charge >= 0.3 is 0 Å². The first-order valence-corrected chi connectivity index (χ1v) is 3.37. The summed E-state index contributed by atoms with van der Waals surface area (Å²) in [5, 5.41) is 0. The van der Waals surface area contributed by atoms with Crippen molar-refractivity contribution in [2.75, 3.05) is 6.16 Å². The van der Waals surface area contributed by atoms with E-state index in [9.17, 15) is 4.48 Å². The van der Waals surface area contributed by atoms with Crippen molar-refractivity contribution in [2.45, 2.75) is 6.92 Å². The molecule has 0 heterocycles. The second-order valence-corrected chi connectivity index (χ2v) is 2.47. The van der Waals surface area contributed by atoms with E-state index in [4.69, 9.17) is 0 Å². The third-order valence-corrected chi connectivity index (χ3v) is 1.33. The van der Waals surface area contributed by atoms with Gasteiger partial charge in [-0.2, -0.15) is 4.48 Å².